The van der Waals surface area contributed by atoms with Crippen LogP contribution in [0.2, 0.25) is 0 Å². The van der Waals surface area contributed by atoms with Crippen molar-refractivity contribution in [3.8, 4) is 11.5 Å². The minimum absolute atomic E-state index is 0.227. The van der Waals surface area contributed by atoms with Gasteiger partial charge >= 0.3 is 5.63 Å². The van der Waals surface area contributed by atoms with Gasteiger partial charge in [0.05, 0.1) is 12.3 Å². The van der Waals surface area contributed by atoms with Gasteiger partial charge in [-0.05, 0) is 31.0 Å². The fraction of sp³-hybridized carbons (Fsp3) is 0.333. The topological polar surface area (TPSA) is 93.7 Å². The van der Waals surface area contributed by atoms with Crippen LogP contribution in [0, 0.1) is 6.92 Å². The second-order valence-corrected chi connectivity index (χ2v) is 6.58. The molecular formula is C21H24N2O5. The van der Waals surface area contributed by atoms with E-state index in [4.69, 9.17) is 9.15 Å². The van der Waals surface area contributed by atoms with Crippen molar-refractivity contribution < 1.29 is 14.3 Å². The van der Waals surface area contributed by atoms with Gasteiger partial charge in [0.1, 0.15) is 11.3 Å². The van der Waals surface area contributed by atoms with Crippen LogP contribution in [0.1, 0.15) is 24.6 Å². The van der Waals surface area contributed by atoms with E-state index < -0.39 is 5.63 Å². The molecule has 1 aromatic carbocycles. The predicted molar refractivity (Wildman–Crippen MR) is 107 cm³/mol. The Bertz CT molecular complexity index is 1080. The maximum Gasteiger partial charge on any atom is 0.336 e. The molecule has 0 spiro atoms. The molecular weight excluding hydrogens is 360 g/mol. The van der Waals surface area contributed by atoms with Gasteiger partial charge in [-0.25, -0.2) is 4.79 Å². The molecule has 7 heteroatoms. The van der Waals surface area contributed by atoms with Crippen molar-refractivity contribution in [1.82, 2.24) is 9.88 Å². The Morgan fingerprint density at radius 1 is 1.21 bits per heavy atom. The summed E-state index contributed by atoms with van der Waals surface area (Å²) >= 11 is 0. The highest BCUT2D eigenvalue weighted by atomic mass is 16.5. The van der Waals surface area contributed by atoms with Crippen molar-refractivity contribution in [2.45, 2.75) is 33.4 Å². The molecule has 0 saturated heterocycles. The van der Waals surface area contributed by atoms with Crippen LogP contribution in [0.3, 0.4) is 0 Å². The number of ether oxygens (including phenoxy) is 1. The quantitative estimate of drug-likeness (QED) is 0.458. The number of fused-ring (bicyclic) bond motifs is 1. The summed E-state index contributed by atoms with van der Waals surface area (Å²) in [6.07, 6.45) is 2.56. The molecule has 2 N–H and O–H groups in total. The Morgan fingerprint density at radius 3 is 2.82 bits per heavy atom. The lowest BCUT2D eigenvalue weighted by atomic mass is 10.1. The molecule has 0 aliphatic heterocycles. The Kier molecular flexibility index (Phi) is 6.16. The number of nitrogens with zero attached hydrogens (tertiary/aromatic N) is 1. The van der Waals surface area contributed by atoms with Crippen LogP contribution in [-0.2, 0) is 13.1 Å². The fourth-order valence-corrected chi connectivity index (χ4v) is 2.99. The summed E-state index contributed by atoms with van der Waals surface area (Å²) < 4.78 is 12.7. The minimum Gasteiger partial charge on any atom is -0.503 e. The van der Waals surface area contributed by atoms with Gasteiger partial charge in [-0.1, -0.05) is 6.92 Å². The monoisotopic (exact) mass is 384 g/mol. The Balaban J connectivity index is 1.69. The lowest BCUT2D eigenvalue weighted by molar-refractivity contribution is 0.317. The first-order chi connectivity index (χ1) is 13.5. The number of hydrogen-bond donors (Lipinski definition) is 2. The van der Waals surface area contributed by atoms with Crippen LogP contribution in [0.25, 0.3) is 11.0 Å². The normalized spacial score (nSPS) is 11.1. The molecule has 7 nitrogen and oxygen atoms in total. The molecule has 0 saturated carbocycles. The fourth-order valence-electron chi connectivity index (χ4n) is 2.99. The third-order valence-corrected chi connectivity index (χ3v) is 4.53. The maximum absolute atomic E-state index is 11.9. The van der Waals surface area contributed by atoms with E-state index in [1.54, 1.807) is 23.8 Å². The predicted octanol–water partition coefficient (Wildman–Crippen LogP) is 2.55. The second-order valence-electron chi connectivity index (χ2n) is 6.58. The average Bonchev–Trinajstić information content (AvgIpc) is 2.68. The van der Waals surface area contributed by atoms with Crippen molar-refractivity contribution in [1.29, 1.82) is 0 Å². The van der Waals surface area contributed by atoms with Gasteiger partial charge in [0.15, 0.2) is 5.75 Å². The average molecular weight is 384 g/mol. The molecule has 0 unspecified atom stereocenters. The zero-order valence-electron chi connectivity index (χ0n) is 16.0. The van der Waals surface area contributed by atoms with Gasteiger partial charge in [-0.15, -0.1) is 0 Å². The second kappa shape index (κ2) is 8.75. The summed E-state index contributed by atoms with van der Waals surface area (Å²) in [6.45, 7) is 6.00. The summed E-state index contributed by atoms with van der Waals surface area (Å²) in [5, 5.41) is 13.9. The van der Waals surface area contributed by atoms with Gasteiger partial charge in [0.25, 0.3) is 0 Å². The molecule has 28 heavy (non-hydrogen) atoms. The van der Waals surface area contributed by atoms with Crippen LogP contribution >= 0.6 is 0 Å². The van der Waals surface area contributed by atoms with Crippen LogP contribution < -0.4 is 21.1 Å². The van der Waals surface area contributed by atoms with E-state index in [0.717, 1.165) is 17.4 Å². The van der Waals surface area contributed by atoms with Gasteiger partial charge in [-0.2, -0.15) is 0 Å². The van der Waals surface area contributed by atoms with Crippen molar-refractivity contribution >= 4 is 11.0 Å². The number of aromatic hydroxyl groups is 1. The summed E-state index contributed by atoms with van der Waals surface area (Å²) in [5.41, 5.74) is 1.08. The van der Waals surface area contributed by atoms with E-state index in [9.17, 15) is 14.7 Å². The highest BCUT2D eigenvalue weighted by Crippen LogP contribution is 2.23. The SMILES string of the molecule is CCCOc1ccc2c(CNCCn3ccc(=O)c(O)c3C)cc(=O)oc2c1. The van der Waals surface area contributed by atoms with Crippen molar-refractivity contribution in [2.75, 3.05) is 13.2 Å². The van der Waals surface area contributed by atoms with E-state index in [0.29, 0.717) is 43.3 Å². The van der Waals surface area contributed by atoms with Gasteiger partial charge < -0.3 is 24.1 Å². The van der Waals surface area contributed by atoms with E-state index >= 15 is 0 Å². The van der Waals surface area contributed by atoms with E-state index in [2.05, 4.69) is 5.32 Å². The molecule has 0 bridgehead atoms. The van der Waals surface area contributed by atoms with Crippen molar-refractivity contribution in [3.63, 3.8) is 0 Å². The summed E-state index contributed by atoms with van der Waals surface area (Å²) in [6, 6.07) is 8.33. The lowest BCUT2D eigenvalue weighted by Crippen LogP contribution is -2.22. The zero-order chi connectivity index (χ0) is 20.1. The lowest BCUT2D eigenvalue weighted by Gasteiger charge is -2.13. The molecule has 3 aromatic rings. The molecule has 2 aromatic heterocycles. The maximum atomic E-state index is 11.9. The molecule has 2 heterocycles. The molecule has 0 atom stereocenters. The largest absolute Gasteiger partial charge is 0.503 e. The van der Waals surface area contributed by atoms with Gasteiger partial charge in [0.2, 0.25) is 5.43 Å². The number of benzene rings is 1. The molecule has 3 rings (SSSR count). The van der Waals surface area contributed by atoms with Crippen molar-refractivity contribution in [3.05, 3.63) is 68.4 Å². The van der Waals surface area contributed by atoms with Gasteiger partial charge in [0, 0.05) is 49.4 Å². The van der Waals surface area contributed by atoms with Crippen molar-refractivity contribution in [2.24, 2.45) is 0 Å². The molecule has 0 fully saturated rings. The third kappa shape index (κ3) is 4.43. The molecule has 0 radical (unpaired) electrons. The number of aromatic nitrogens is 1. The van der Waals surface area contributed by atoms with Crippen LogP contribution in [0.15, 0.2) is 50.5 Å². The zero-order valence-corrected chi connectivity index (χ0v) is 16.0. The number of nitrogens with one attached hydrogen (secondary N) is 1. The minimum atomic E-state index is -0.405. The van der Waals surface area contributed by atoms with E-state index in [1.165, 1.54) is 12.1 Å². The highest BCUT2D eigenvalue weighted by Gasteiger charge is 2.08. The summed E-state index contributed by atoms with van der Waals surface area (Å²) in [7, 11) is 0. The van der Waals surface area contributed by atoms with E-state index in [-0.39, 0.29) is 11.2 Å². The third-order valence-electron chi connectivity index (χ3n) is 4.53. The first kappa shape index (κ1) is 19.7. The number of pyridine rings is 1. The first-order valence-corrected chi connectivity index (χ1v) is 9.29. The standard InChI is InChI=1S/C21H24N2O5/c1-3-10-27-16-4-5-17-15(11-20(25)28-19(17)12-16)13-22-7-9-23-8-6-18(24)21(26)14(23)2/h4-6,8,11-12,22,26H,3,7,9-10,13H2,1-2H3. The highest BCUT2D eigenvalue weighted by molar-refractivity contribution is 5.81. The van der Waals surface area contributed by atoms with E-state index in [1.807, 2.05) is 19.1 Å². The molecule has 0 aliphatic carbocycles. The molecule has 0 aliphatic rings. The molecule has 148 valence electrons. The smallest absolute Gasteiger partial charge is 0.336 e. The number of rotatable bonds is 8. The van der Waals surface area contributed by atoms with Crippen LogP contribution in [0.5, 0.6) is 11.5 Å². The van der Waals surface area contributed by atoms with Gasteiger partial charge in [-0.3, -0.25) is 4.79 Å². The van der Waals surface area contributed by atoms with Crippen LogP contribution in [0.4, 0.5) is 0 Å². The molecule has 0 amide bonds. The Hall–Kier alpha value is -3.06. The Labute approximate surface area is 162 Å². The summed E-state index contributed by atoms with van der Waals surface area (Å²) in [5.74, 6) is 0.450. The summed E-state index contributed by atoms with van der Waals surface area (Å²) in [4.78, 5) is 23.3. The number of hydrogen-bond acceptors (Lipinski definition) is 6. The first-order valence-electron chi connectivity index (χ1n) is 9.29. The Morgan fingerprint density at radius 2 is 2.04 bits per heavy atom. The van der Waals surface area contributed by atoms with Crippen LogP contribution in [-0.4, -0.2) is 22.8 Å².